The molecular weight excluding hydrogens is 380 g/mol. The monoisotopic (exact) mass is 404 g/mol. The van der Waals surface area contributed by atoms with E-state index in [-0.39, 0.29) is 19.1 Å². The highest BCUT2D eigenvalue weighted by atomic mass is 16.5. The van der Waals surface area contributed by atoms with Crippen LogP contribution in [-0.4, -0.2) is 47.2 Å². The molecule has 0 aliphatic carbocycles. The van der Waals surface area contributed by atoms with Gasteiger partial charge in [-0.2, -0.15) is 0 Å². The SMILES string of the molecule is O=C1N[C@H](CCc2ccccc2)C(=O)N1C[C@H](O)COc1cccc2ccccc12. The zero-order valence-electron chi connectivity index (χ0n) is 16.5. The van der Waals surface area contributed by atoms with E-state index in [1.807, 2.05) is 72.8 Å². The van der Waals surface area contributed by atoms with E-state index in [0.29, 0.717) is 18.6 Å². The maximum absolute atomic E-state index is 12.6. The number of imide groups is 1. The minimum absolute atomic E-state index is 0.0141. The van der Waals surface area contributed by atoms with Crippen LogP contribution >= 0.6 is 0 Å². The third-order valence-electron chi connectivity index (χ3n) is 5.25. The number of aryl methyl sites for hydroxylation is 1. The van der Waals surface area contributed by atoms with E-state index < -0.39 is 18.2 Å². The number of amides is 3. The molecule has 6 nitrogen and oxygen atoms in total. The molecule has 0 aromatic heterocycles. The molecule has 3 aromatic rings. The molecule has 30 heavy (non-hydrogen) atoms. The number of urea groups is 1. The first-order valence-corrected chi connectivity index (χ1v) is 10.1. The highest BCUT2D eigenvalue weighted by Crippen LogP contribution is 2.25. The molecule has 3 amide bonds. The lowest BCUT2D eigenvalue weighted by Gasteiger charge is -2.18. The van der Waals surface area contributed by atoms with Crippen molar-refractivity contribution in [2.75, 3.05) is 13.2 Å². The normalized spacial score (nSPS) is 17.2. The third kappa shape index (κ3) is 4.44. The lowest BCUT2D eigenvalue weighted by molar-refractivity contribution is -0.128. The van der Waals surface area contributed by atoms with Crippen molar-refractivity contribution in [2.24, 2.45) is 0 Å². The largest absolute Gasteiger partial charge is 0.490 e. The summed E-state index contributed by atoms with van der Waals surface area (Å²) in [6, 6.07) is 22.3. The number of nitrogens with one attached hydrogen (secondary N) is 1. The Morgan fingerprint density at radius 1 is 0.967 bits per heavy atom. The maximum Gasteiger partial charge on any atom is 0.324 e. The average Bonchev–Trinajstić information content (AvgIpc) is 3.04. The minimum atomic E-state index is -0.980. The Labute approximate surface area is 175 Å². The fourth-order valence-corrected chi connectivity index (χ4v) is 3.67. The molecular formula is C24H24N2O4. The van der Waals surface area contributed by atoms with E-state index in [0.717, 1.165) is 21.2 Å². The lowest BCUT2D eigenvalue weighted by Crippen LogP contribution is -2.40. The van der Waals surface area contributed by atoms with E-state index in [2.05, 4.69) is 5.32 Å². The van der Waals surface area contributed by atoms with Gasteiger partial charge in [-0.15, -0.1) is 0 Å². The zero-order valence-corrected chi connectivity index (χ0v) is 16.5. The summed E-state index contributed by atoms with van der Waals surface area (Å²) in [6.45, 7) is -0.114. The van der Waals surface area contributed by atoms with Crippen molar-refractivity contribution in [1.29, 1.82) is 0 Å². The quantitative estimate of drug-likeness (QED) is 0.566. The molecule has 0 bridgehead atoms. The molecule has 2 atom stereocenters. The molecule has 1 aliphatic heterocycles. The number of fused-ring (bicyclic) bond motifs is 1. The van der Waals surface area contributed by atoms with Crippen molar-refractivity contribution in [1.82, 2.24) is 10.2 Å². The fourth-order valence-electron chi connectivity index (χ4n) is 3.67. The van der Waals surface area contributed by atoms with Gasteiger partial charge in [0.1, 0.15) is 24.5 Å². The number of β-amino-alcohol motifs (C(OH)–C–C–N with tert-alkyl or cyclic N) is 1. The second kappa shape index (κ2) is 8.97. The molecule has 0 spiro atoms. The zero-order chi connectivity index (χ0) is 20.9. The van der Waals surface area contributed by atoms with Crippen molar-refractivity contribution in [3.8, 4) is 5.75 Å². The van der Waals surface area contributed by atoms with Crippen LogP contribution in [0.25, 0.3) is 10.8 Å². The molecule has 1 saturated heterocycles. The summed E-state index contributed by atoms with van der Waals surface area (Å²) in [5.41, 5.74) is 1.11. The Bertz CT molecular complexity index is 1030. The standard InChI is InChI=1S/C24H24N2O4/c27-19(16-30-22-12-6-10-18-9-4-5-11-20(18)22)15-26-23(28)21(25-24(26)29)14-13-17-7-2-1-3-8-17/h1-12,19,21,27H,13-16H2,(H,25,29)/t19-,21+/m0/s1. The summed E-state index contributed by atoms with van der Waals surface area (Å²) in [5.74, 6) is 0.352. The van der Waals surface area contributed by atoms with E-state index in [4.69, 9.17) is 4.74 Å². The molecule has 6 heteroatoms. The summed E-state index contributed by atoms with van der Waals surface area (Å²) in [6.07, 6.45) is 0.234. The van der Waals surface area contributed by atoms with E-state index in [1.54, 1.807) is 0 Å². The molecule has 154 valence electrons. The smallest absolute Gasteiger partial charge is 0.324 e. The number of aliphatic hydroxyl groups is 1. The summed E-state index contributed by atoms with van der Waals surface area (Å²) in [4.78, 5) is 25.9. The second-order valence-electron chi connectivity index (χ2n) is 7.42. The molecule has 0 radical (unpaired) electrons. The van der Waals surface area contributed by atoms with Crippen molar-refractivity contribution in [3.63, 3.8) is 0 Å². The number of carbonyl (C=O) groups is 2. The number of hydrogen-bond donors (Lipinski definition) is 2. The Balaban J connectivity index is 1.32. The number of hydrogen-bond acceptors (Lipinski definition) is 4. The van der Waals surface area contributed by atoms with Crippen LogP contribution in [0.3, 0.4) is 0 Å². The first-order chi connectivity index (χ1) is 14.6. The van der Waals surface area contributed by atoms with Crippen LogP contribution in [0, 0.1) is 0 Å². The molecule has 1 fully saturated rings. The van der Waals surface area contributed by atoms with Gasteiger partial charge in [0.25, 0.3) is 5.91 Å². The van der Waals surface area contributed by atoms with Gasteiger partial charge in [0.15, 0.2) is 0 Å². The maximum atomic E-state index is 12.6. The van der Waals surface area contributed by atoms with Crippen molar-refractivity contribution < 1.29 is 19.4 Å². The molecule has 3 aromatic carbocycles. The van der Waals surface area contributed by atoms with Crippen LogP contribution in [0.5, 0.6) is 5.75 Å². The molecule has 2 N–H and O–H groups in total. The van der Waals surface area contributed by atoms with Gasteiger partial charge in [-0.05, 0) is 29.9 Å². The average molecular weight is 404 g/mol. The van der Waals surface area contributed by atoms with Gasteiger partial charge < -0.3 is 15.2 Å². The van der Waals surface area contributed by atoms with E-state index in [9.17, 15) is 14.7 Å². The topological polar surface area (TPSA) is 78.9 Å². The molecule has 0 saturated carbocycles. The summed E-state index contributed by atoms with van der Waals surface area (Å²) in [7, 11) is 0. The van der Waals surface area contributed by atoms with Gasteiger partial charge in [-0.3, -0.25) is 9.69 Å². The Kier molecular flexibility index (Phi) is 5.95. The van der Waals surface area contributed by atoms with Gasteiger partial charge in [-0.1, -0.05) is 66.7 Å². The van der Waals surface area contributed by atoms with Crippen molar-refractivity contribution in [2.45, 2.75) is 25.0 Å². The lowest BCUT2D eigenvalue weighted by atomic mass is 10.1. The highest BCUT2D eigenvalue weighted by Gasteiger charge is 2.38. The molecule has 0 unspecified atom stereocenters. The first kappa shape index (κ1) is 19.9. The van der Waals surface area contributed by atoms with Gasteiger partial charge >= 0.3 is 6.03 Å². The van der Waals surface area contributed by atoms with Crippen LogP contribution in [0.15, 0.2) is 72.8 Å². The van der Waals surface area contributed by atoms with Gasteiger partial charge in [0.05, 0.1) is 6.54 Å². The van der Waals surface area contributed by atoms with Crippen LogP contribution in [0.2, 0.25) is 0 Å². The van der Waals surface area contributed by atoms with Crippen molar-refractivity contribution in [3.05, 3.63) is 78.4 Å². The Morgan fingerprint density at radius 3 is 2.53 bits per heavy atom. The molecule has 4 rings (SSSR count). The number of nitrogens with zero attached hydrogens (tertiary/aromatic N) is 1. The Morgan fingerprint density at radius 2 is 1.70 bits per heavy atom. The Hall–Kier alpha value is -3.38. The summed E-state index contributed by atoms with van der Waals surface area (Å²) >= 11 is 0. The molecule has 1 heterocycles. The van der Waals surface area contributed by atoms with Crippen LogP contribution in [0.4, 0.5) is 4.79 Å². The van der Waals surface area contributed by atoms with Crippen LogP contribution in [-0.2, 0) is 11.2 Å². The van der Waals surface area contributed by atoms with E-state index >= 15 is 0 Å². The van der Waals surface area contributed by atoms with Crippen molar-refractivity contribution >= 4 is 22.7 Å². The van der Waals surface area contributed by atoms with Gasteiger partial charge in [-0.25, -0.2) is 4.79 Å². The molecule has 1 aliphatic rings. The highest BCUT2D eigenvalue weighted by molar-refractivity contribution is 6.04. The summed E-state index contributed by atoms with van der Waals surface area (Å²) < 4.78 is 5.77. The third-order valence-corrected chi connectivity index (χ3v) is 5.25. The summed E-state index contributed by atoms with van der Waals surface area (Å²) in [5, 5.41) is 15.1. The van der Waals surface area contributed by atoms with Crippen LogP contribution < -0.4 is 10.1 Å². The van der Waals surface area contributed by atoms with Gasteiger partial charge in [0.2, 0.25) is 0 Å². The number of aliphatic hydroxyl groups excluding tert-OH is 1. The predicted octanol–water partition coefficient (Wildman–Crippen LogP) is 3.13. The van der Waals surface area contributed by atoms with Crippen LogP contribution in [0.1, 0.15) is 12.0 Å². The number of rotatable bonds is 8. The first-order valence-electron chi connectivity index (χ1n) is 10.1. The van der Waals surface area contributed by atoms with Gasteiger partial charge in [0, 0.05) is 5.39 Å². The number of carbonyl (C=O) groups excluding carboxylic acids is 2. The number of benzene rings is 3. The fraction of sp³-hybridized carbons (Fsp3) is 0.250. The minimum Gasteiger partial charge on any atom is -0.490 e. The number of ether oxygens (including phenoxy) is 1. The van der Waals surface area contributed by atoms with E-state index in [1.165, 1.54) is 0 Å². The predicted molar refractivity (Wildman–Crippen MR) is 114 cm³/mol. The second-order valence-corrected chi connectivity index (χ2v) is 7.42.